The summed E-state index contributed by atoms with van der Waals surface area (Å²) in [5.74, 6) is 0.783. The zero-order chi connectivity index (χ0) is 10.7. The third-order valence-electron chi connectivity index (χ3n) is 2.15. The van der Waals surface area contributed by atoms with Crippen molar-refractivity contribution in [1.29, 1.82) is 0 Å². The summed E-state index contributed by atoms with van der Waals surface area (Å²) in [5, 5.41) is 0. The van der Waals surface area contributed by atoms with E-state index in [-0.39, 0.29) is 0 Å². The predicted octanol–water partition coefficient (Wildman–Crippen LogP) is 1.52. The Hall–Kier alpha value is -1.97. The number of aromatic nitrogens is 2. The molecule has 0 aliphatic heterocycles. The van der Waals surface area contributed by atoms with Gasteiger partial charge in [-0.2, -0.15) is 0 Å². The Morgan fingerprint density at radius 1 is 1.40 bits per heavy atom. The van der Waals surface area contributed by atoms with Crippen LogP contribution in [0.2, 0.25) is 0 Å². The van der Waals surface area contributed by atoms with E-state index in [2.05, 4.69) is 4.98 Å². The first kappa shape index (κ1) is 9.58. The molecular weight excluding hydrogens is 190 g/mol. The molecule has 78 valence electrons. The molecular formula is C11H13N3O. The first-order valence-electron chi connectivity index (χ1n) is 4.67. The lowest BCUT2D eigenvalue weighted by Gasteiger charge is -2.07. The first-order chi connectivity index (χ1) is 7.28. The fourth-order valence-electron chi connectivity index (χ4n) is 1.49. The van der Waals surface area contributed by atoms with Crippen LogP contribution in [0.5, 0.6) is 5.75 Å². The van der Waals surface area contributed by atoms with Crippen LogP contribution in [0.1, 0.15) is 5.56 Å². The van der Waals surface area contributed by atoms with Gasteiger partial charge in [-0.05, 0) is 17.7 Å². The highest BCUT2D eigenvalue weighted by Gasteiger charge is 1.99. The Labute approximate surface area is 88.3 Å². The minimum Gasteiger partial charge on any atom is -0.497 e. The van der Waals surface area contributed by atoms with Crippen molar-refractivity contribution in [1.82, 2.24) is 9.55 Å². The van der Waals surface area contributed by atoms with Crippen LogP contribution in [0.4, 0.5) is 5.69 Å². The van der Waals surface area contributed by atoms with Gasteiger partial charge in [-0.3, -0.25) is 0 Å². The number of benzene rings is 1. The highest BCUT2D eigenvalue weighted by Crippen LogP contribution is 2.19. The van der Waals surface area contributed by atoms with E-state index in [0.29, 0.717) is 5.69 Å². The second-order valence-electron chi connectivity index (χ2n) is 3.35. The van der Waals surface area contributed by atoms with Crippen molar-refractivity contribution in [3.63, 3.8) is 0 Å². The average molecular weight is 203 g/mol. The zero-order valence-corrected chi connectivity index (χ0v) is 8.55. The van der Waals surface area contributed by atoms with Crippen LogP contribution >= 0.6 is 0 Å². The van der Waals surface area contributed by atoms with Gasteiger partial charge < -0.3 is 15.0 Å². The van der Waals surface area contributed by atoms with Crippen molar-refractivity contribution < 1.29 is 4.74 Å². The molecule has 1 aromatic heterocycles. The van der Waals surface area contributed by atoms with Crippen molar-refractivity contribution in [2.45, 2.75) is 6.54 Å². The molecule has 4 heteroatoms. The Bertz CT molecular complexity index is 437. The Morgan fingerprint density at radius 3 is 2.93 bits per heavy atom. The molecule has 0 saturated heterocycles. The summed E-state index contributed by atoms with van der Waals surface area (Å²) in [6.07, 6.45) is 5.44. The number of nitrogens with two attached hydrogens (primary N) is 1. The van der Waals surface area contributed by atoms with Crippen LogP contribution in [0, 0.1) is 0 Å². The van der Waals surface area contributed by atoms with E-state index in [9.17, 15) is 0 Å². The summed E-state index contributed by atoms with van der Waals surface area (Å²) in [4.78, 5) is 3.98. The molecule has 0 unspecified atom stereocenters. The maximum Gasteiger partial charge on any atom is 0.121 e. The van der Waals surface area contributed by atoms with E-state index in [4.69, 9.17) is 10.5 Å². The van der Waals surface area contributed by atoms with E-state index in [1.54, 1.807) is 25.7 Å². The molecule has 2 aromatic rings. The first-order valence-corrected chi connectivity index (χ1v) is 4.67. The molecule has 2 N–H and O–H groups in total. The lowest BCUT2D eigenvalue weighted by molar-refractivity contribution is 0.414. The molecule has 0 aliphatic rings. The lowest BCUT2D eigenvalue weighted by Crippen LogP contribution is -1.98. The summed E-state index contributed by atoms with van der Waals surface area (Å²) in [6.45, 7) is 0.751. The molecule has 0 aliphatic carbocycles. The number of imidazole rings is 1. The average Bonchev–Trinajstić information content (AvgIpc) is 2.69. The Kier molecular flexibility index (Phi) is 2.58. The summed E-state index contributed by atoms with van der Waals surface area (Å²) < 4.78 is 7.13. The van der Waals surface area contributed by atoms with Gasteiger partial charge in [-0.1, -0.05) is 0 Å². The van der Waals surface area contributed by atoms with Gasteiger partial charge in [0.2, 0.25) is 0 Å². The van der Waals surface area contributed by atoms with E-state index in [0.717, 1.165) is 17.9 Å². The molecule has 0 saturated carbocycles. The second kappa shape index (κ2) is 4.04. The van der Waals surface area contributed by atoms with Gasteiger partial charge in [0, 0.05) is 30.7 Å². The van der Waals surface area contributed by atoms with Gasteiger partial charge in [0.05, 0.1) is 13.4 Å². The van der Waals surface area contributed by atoms with Crippen LogP contribution in [-0.4, -0.2) is 16.7 Å². The standard InChI is InChI=1S/C11H13N3O/c1-15-11-5-9(4-10(12)6-11)7-14-3-2-13-8-14/h2-6,8H,7,12H2,1H3. The SMILES string of the molecule is COc1cc(N)cc(Cn2ccnc2)c1. The largest absolute Gasteiger partial charge is 0.497 e. The number of hydrogen-bond acceptors (Lipinski definition) is 3. The number of anilines is 1. The fourth-order valence-corrected chi connectivity index (χ4v) is 1.49. The minimum atomic E-state index is 0.712. The molecule has 1 aromatic carbocycles. The molecule has 15 heavy (non-hydrogen) atoms. The number of nitrogen functional groups attached to an aromatic ring is 1. The molecule has 0 fully saturated rings. The van der Waals surface area contributed by atoms with Gasteiger partial charge in [-0.15, -0.1) is 0 Å². The monoisotopic (exact) mass is 203 g/mol. The Balaban J connectivity index is 2.24. The van der Waals surface area contributed by atoms with Crippen LogP contribution in [0.3, 0.4) is 0 Å². The number of nitrogens with zero attached hydrogens (tertiary/aromatic N) is 2. The number of ether oxygens (including phenoxy) is 1. The number of hydrogen-bond donors (Lipinski definition) is 1. The van der Waals surface area contributed by atoms with Gasteiger partial charge >= 0.3 is 0 Å². The fraction of sp³-hybridized carbons (Fsp3) is 0.182. The topological polar surface area (TPSA) is 53.1 Å². The van der Waals surface area contributed by atoms with Crippen molar-refractivity contribution in [2.75, 3.05) is 12.8 Å². The van der Waals surface area contributed by atoms with E-state index in [1.807, 2.05) is 22.9 Å². The van der Waals surface area contributed by atoms with Gasteiger partial charge in [0.15, 0.2) is 0 Å². The van der Waals surface area contributed by atoms with Gasteiger partial charge in [0.1, 0.15) is 5.75 Å². The maximum atomic E-state index is 5.76. The second-order valence-corrected chi connectivity index (χ2v) is 3.35. The van der Waals surface area contributed by atoms with Gasteiger partial charge in [-0.25, -0.2) is 4.98 Å². The zero-order valence-electron chi connectivity index (χ0n) is 8.55. The summed E-state index contributed by atoms with van der Waals surface area (Å²) >= 11 is 0. The quantitative estimate of drug-likeness (QED) is 0.769. The molecule has 0 amide bonds. The van der Waals surface area contributed by atoms with E-state index >= 15 is 0 Å². The highest BCUT2D eigenvalue weighted by atomic mass is 16.5. The van der Waals surface area contributed by atoms with Crippen molar-refractivity contribution in [2.24, 2.45) is 0 Å². The van der Waals surface area contributed by atoms with Crippen LogP contribution < -0.4 is 10.5 Å². The third kappa shape index (κ3) is 2.28. The predicted molar refractivity (Wildman–Crippen MR) is 58.7 cm³/mol. The number of methoxy groups -OCH3 is 1. The maximum absolute atomic E-state index is 5.76. The third-order valence-corrected chi connectivity index (χ3v) is 2.15. The van der Waals surface area contributed by atoms with Gasteiger partial charge in [0.25, 0.3) is 0 Å². The molecule has 0 spiro atoms. The highest BCUT2D eigenvalue weighted by molar-refractivity contribution is 5.47. The normalized spacial score (nSPS) is 10.2. The smallest absolute Gasteiger partial charge is 0.121 e. The van der Waals surface area contributed by atoms with Crippen LogP contribution in [-0.2, 0) is 6.54 Å². The van der Waals surface area contributed by atoms with E-state index in [1.165, 1.54) is 0 Å². The minimum absolute atomic E-state index is 0.712. The summed E-state index contributed by atoms with van der Waals surface area (Å²) in [6, 6.07) is 5.70. The molecule has 1 heterocycles. The molecule has 0 atom stereocenters. The van der Waals surface area contributed by atoms with Crippen molar-refractivity contribution in [3.05, 3.63) is 42.5 Å². The Morgan fingerprint density at radius 2 is 2.27 bits per heavy atom. The molecule has 0 radical (unpaired) electrons. The lowest BCUT2D eigenvalue weighted by atomic mass is 10.2. The summed E-state index contributed by atoms with van der Waals surface area (Å²) in [5.41, 5.74) is 7.57. The van der Waals surface area contributed by atoms with Crippen molar-refractivity contribution in [3.8, 4) is 5.75 Å². The van der Waals surface area contributed by atoms with Crippen molar-refractivity contribution >= 4 is 5.69 Å². The molecule has 2 rings (SSSR count). The molecule has 4 nitrogen and oxygen atoms in total. The summed E-state index contributed by atoms with van der Waals surface area (Å²) in [7, 11) is 1.63. The van der Waals surface area contributed by atoms with Crippen LogP contribution in [0.15, 0.2) is 36.9 Å². The number of rotatable bonds is 3. The van der Waals surface area contributed by atoms with E-state index < -0.39 is 0 Å². The van der Waals surface area contributed by atoms with Crippen LogP contribution in [0.25, 0.3) is 0 Å². The molecule has 0 bridgehead atoms.